The van der Waals surface area contributed by atoms with Crippen LogP contribution in [0.1, 0.15) is 30.2 Å². The maximum atomic E-state index is 11.9. The normalized spacial score (nSPS) is 12.1. The fraction of sp³-hybridized carbons (Fsp3) is 0.375. The number of benzene rings is 1. The van der Waals surface area contributed by atoms with Gasteiger partial charge in [-0.1, -0.05) is 35.5 Å². The fourth-order valence-corrected chi connectivity index (χ4v) is 2.20. The monoisotopic (exact) mass is 303 g/mol. The Kier molecular flexibility index (Phi) is 6.12. The number of carbonyl (C=O) groups excluding carboxylic acids is 1. The molecule has 0 aliphatic heterocycles. The summed E-state index contributed by atoms with van der Waals surface area (Å²) in [6.45, 7) is 2.06. The Hall–Kier alpha value is -2.18. The van der Waals surface area contributed by atoms with Gasteiger partial charge < -0.3 is 20.3 Å². The molecule has 1 aromatic heterocycles. The second kappa shape index (κ2) is 8.31. The highest BCUT2D eigenvalue weighted by Crippen LogP contribution is 2.17. The number of aliphatic hydroxyl groups is 1. The Bertz CT molecular complexity index is 583. The molecular weight excluding hydrogens is 282 g/mol. The molecule has 2 aromatic rings. The largest absolute Gasteiger partial charge is 0.396 e. The molecule has 0 aliphatic carbocycles. The van der Waals surface area contributed by atoms with E-state index in [1.54, 1.807) is 13.0 Å². The molecule has 0 saturated carbocycles. The topological polar surface area (TPSA) is 87.4 Å². The smallest absolute Gasteiger partial charge is 0.239 e. The molecule has 1 amide bonds. The third kappa shape index (κ3) is 4.98. The van der Waals surface area contributed by atoms with E-state index in [0.29, 0.717) is 18.0 Å². The highest BCUT2D eigenvalue weighted by atomic mass is 16.5. The van der Waals surface area contributed by atoms with Crippen molar-refractivity contribution in [2.45, 2.75) is 25.8 Å². The van der Waals surface area contributed by atoms with Gasteiger partial charge in [0.2, 0.25) is 5.91 Å². The molecular formula is C16H21N3O3. The molecule has 3 N–H and O–H groups in total. The van der Waals surface area contributed by atoms with Crippen LogP contribution in [0.5, 0.6) is 0 Å². The third-order valence-corrected chi connectivity index (χ3v) is 3.26. The molecule has 0 spiro atoms. The molecule has 0 bridgehead atoms. The maximum Gasteiger partial charge on any atom is 0.239 e. The molecule has 1 aromatic carbocycles. The van der Waals surface area contributed by atoms with Crippen molar-refractivity contribution in [3.8, 4) is 0 Å². The van der Waals surface area contributed by atoms with Gasteiger partial charge in [0.25, 0.3) is 0 Å². The molecule has 0 aliphatic rings. The molecule has 118 valence electrons. The fourth-order valence-electron chi connectivity index (χ4n) is 2.20. The van der Waals surface area contributed by atoms with Crippen LogP contribution in [-0.2, 0) is 4.79 Å². The number of nitrogens with one attached hydrogen (secondary N) is 2. The first kappa shape index (κ1) is 16.2. The Morgan fingerprint density at radius 1 is 1.36 bits per heavy atom. The Morgan fingerprint density at radius 3 is 2.77 bits per heavy atom. The highest BCUT2D eigenvalue weighted by Gasteiger charge is 2.13. The van der Waals surface area contributed by atoms with E-state index in [-0.39, 0.29) is 25.1 Å². The van der Waals surface area contributed by atoms with E-state index >= 15 is 0 Å². The summed E-state index contributed by atoms with van der Waals surface area (Å²) in [6.07, 6.45) is 1.44. The average Bonchev–Trinajstić information content (AvgIpc) is 2.93. The number of anilines is 1. The van der Waals surface area contributed by atoms with E-state index < -0.39 is 0 Å². The number of nitrogens with zero attached hydrogens (tertiary/aromatic N) is 1. The van der Waals surface area contributed by atoms with Crippen LogP contribution in [0.15, 0.2) is 40.9 Å². The zero-order chi connectivity index (χ0) is 15.8. The summed E-state index contributed by atoms with van der Waals surface area (Å²) >= 11 is 0. The quantitative estimate of drug-likeness (QED) is 0.694. The van der Waals surface area contributed by atoms with Crippen LogP contribution in [0.2, 0.25) is 0 Å². The van der Waals surface area contributed by atoms with Gasteiger partial charge in [0.1, 0.15) is 5.76 Å². The van der Waals surface area contributed by atoms with E-state index in [2.05, 4.69) is 15.8 Å². The van der Waals surface area contributed by atoms with Gasteiger partial charge in [-0.25, -0.2) is 0 Å². The van der Waals surface area contributed by atoms with Gasteiger partial charge in [-0.3, -0.25) is 4.79 Å². The van der Waals surface area contributed by atoms with E-state index in [0.717, 1.165) is 12.0 Å². The zero-order valence-corrected chi connectivity index (χ0v) is 12.6. The summed E-state index contributed by atoms with van der Waals surface area (Å²) in [5.74, 6) is 0.877. The number of aliphatic hydroxyl groups excluding tert-OH is 1. The van der Waals surface area contributed by atoms with Crippen LogP contribution < -0.4 is 10.6 Å². The summed E-state index contributed by atoms with van der Waals surface area (Å²) < 4.78 is 4.90. The lowest BCUT2D eigenvalue weighted by Gasteiger charge is -2.18. The number of aromatic nitrogens is 1. The van der Waals surface area contributed by atoms with Gasteiger partial charge in [0, 0.05) is 18.7 Å². The molecule has 1 atom stereocenters. The zero-order valence-electron chi connectivity index (χ0n) is 12.6. The molecule has 6 nitrogen and oxygen atoms in total. The average molecular weight is 303 g/mol. The minimum atomic E-state index is -0.182. The predicted octanol–water partition coefficient (Wildman–Crippen LogP) is 2.02. The summed E-state index contributed by atoms with van der Waals surface area (Å²) in [6, 6.07) is 11.6. The van der Waals surface area contributed by atoms with Crippen LogP contribution >= 0.6 is 0 Å². The number of carbonyl (C=O) groups is 1. The first-order chi connectivity index (χ1) is 10.7. The van der Waals surface area contributed by atoms with Crippen LogP contribution in [0, 0.1) is 6.92 Å². The van der Waals surface area contributed by atoms with Crippen molar-refractivity contribution in [2.24, 2.45) is 0 Å². The Labute approximate surface area is 129 Å². The van der Waals surface area contributed by atoms with E-state index in [1.807, 2.05) is 30.3 Å². The van der Waals surface area contributed by atoms with Gasteiger partial charge in [-0.05, 0) is 25.3 Å². The standard InChI is InChI=1S/C16H21N3O3/c1-12-10-15(19-22-12)18-16(21)11-17-14(8-5-9-20)13-6-3-2-4-7-13/h2-4,6-7,10,14,17,20H,5,8-9,11H2,1H3,(H,18,19,21). The second-order valence-electron chi connectivity index (χ2n) is 5.08. The van der Waals surface area contributed by atoms with Gasteiger partial charge >= 0.3 is 0 Å². The van der Waals surface area contributed by atoms with Gasteiger partial charge in [-0.15, -0.1) is 0 Å². The molecule has 22 heavy (non-hydrogen) atoms. The summed E-state index contributed by atoms with van der Waals surface area (Å²) in [5, 5.41) is 18.6. The lowest BCUT2D eigenvalue weighted by Crippen LogP contribution is -2.31. The van der Waals surface area contributed by atoms with Crippen molar-refractivity contribution in [3.05, 3.63) is 47.7 Å². The molecule has 1 heterocycles. The number of hydrogen-bond acceptors (Lipinski definition) is 5. The predicted molar refractivity (Wildman–Crippen MR) is 83.4 cm³/mol. The number of rotatable bonds is 8. The first-order valence-electron chi connectivity index (χ1n) is 7.31. The number of hydrogen-bond donors (Lipinski definition) is 3. The molecule has 0 saturated heterocycles. The SMILES string of the molecule is Cc1cc(NC(=O)CNC(CCCO)c2ccccc2)no1. The molecule has 2 rings (SSSR count). The van der Waals surface area contributed by atoms with Crippen molar-refractivity contribution in [2.75, 3.05) is 18.5 Å². The number of aryl methyl sites for hydroxylation is 1. The maximum absolute atomic E-state index is 11.9. The summed E-state index contributed by atoms with van der Waals surface area (Å²) in [5.41, 5.74) is 1.10. The number of amides is 1. The van der Waals surface area contributed by atoms with E-state index in [9.17, 15) is 4.79 Å². The first-order valence-corrected chi connectivity index (χ1v) is 7.31. The minimum absolute atomic E-state index is 0.0261. The van der Waals surface area contributed by atoms with Crippen LogP contribution in [0.25, 0.3) is 0 Å². The third-order valence-electron chi connectivity index (χ3n) is 3.26. The Balaban J connectivity index is 1.88. The van der Waals surface area contributed by atoms with Crippen molar-refractivity contribution >= 4 is 11.7 Å². The van der Waals surface area contributed by atoms with Crippen molar-refractivity contribution in [3.63, 3.8) is 0 Å². The molecule has 0 fully saturated rings. The van der Waals surface area contributed by atoms with Crippen LogP contribution in [0.3, 0.4) is 0 Å². The van der Waals surface area contributed by atoms with Crippen molar-refractivity contribution < 1.29 is 14.4 Å². The van der Waals surface area contributed by atoms with Crippen molar-refractivity contribution in [1.29, 1.82) is 0 Å². The van der Waals surface area contributed by atoms with Gasteiger partial charge in [0.15, 0.2) is 5.82 Å². The van der Waals surface area contributed by atoms with Crippen LogP contribution in [-0.4, -0.2) is 29.3 Å². The van der Waals surface area contributed by atoms with E-state index in [4.69, 9.17) is 9.63 Å². The Morgan fingerprint density at radius 2 is 2.14 bits per heavy atom. The van der Waals surface area contributed by atoms with E-state index in [1.165, 1.54) is 0 Å². The van der Waals surface area contributed by atoms with Crippen LogP contribution in [0.4, 0.5) is 5.82 Å². The molecule has 0 radical (unpaired) electrons. The second-order valence-corrected chi connectivity index (χ2v) is 5.08. The van der Waals surface area contributed by atoms with Gasteiger partial charge in [-0.2, -0.15) is 0 Å². The summed E-state index contributed by atoms with van der Waals surface area (Å²) in [7, 11) is 0. The molecule has 1 unspecified atom stereocenters. The lowest BCUT2D eigenvalue weighted by atomic mass is 10.0. The highest BCUT2D eigenvalue weighted by molar-refractivity contribution is 5.91. The van der Waals surface area contributed by atoms with Crippen molar-refractivity contribution in [1.82, 2.24) is 10.5 Å². The molecule has 6 heteroatoms. The minimum Gasteiger partial charge on any atom is -0.396 e. The lowest BCUT2D eigenvalue weighted by molar-refractivity contribution is -0.115. The summed E-state index contributed by atoms with van der Waals surface area (Å²) in [4.78, 5) is 11.9. The van der Waals surface area contributed by atoms with Gasteiger partial charge in [0.05, 0.1) is 6.54 Å².